The van der Waals surface area contributed by atoms with Gasteiger partial charge in [0.15, 0.2) is 0 Å². The average molecular weight is 314 g/mol. The van der Waals surface area contributed by atoms with E-state index in [1.807, 2.05) is 30.5 Å². The van der Waals surface area contributed by atoms with Crippen LogP contribution in [0.5, 0.6) is 0 Å². The minimum absolute atomic E-state index is 0.194. The molecule has 5 heteroatoms. The topological polar surface area (TPSA) is 44.0 Å². The van der Waals surface area contributed by atoms with Gasteiger partial charge in [0.05, 0.1) is 5.69 Å². The number of aromatic nitrogens is 2. The third-order valence-corrected chi connectivity index (χ3v) is 3.99. The smallest absolute Gasteiger partial charge is 0.289 e. The van der Waals surface area contributed by atoms with Crippen molar-refractivity contribution in [2.45, 2.75) is 18.0 Å². The van der Waals surface area contributed by atoms with Crippen molar-refractivity contribution in [3.8, 4) is 11.3 Å². The van der Waals surface area contributed by atoms with E-state index < -0.39 is 0 Å². The van der Waals surface area contributed by atoms with Crippen LogP contribution in [0.4, 0.5) is 0 Å². The summed E-state index contributed by atoms with van der Waals surface area (Å²) in [7, 11) is 0. The number of rotatable bonds is 6. The van der Waals surface area contributed by atoms with Gasteiger partial charge >= 0.3 is 5.69 Å². The third-order valence-electron chi connectivity index (χ3n) is 3.27. The van der Waals surface area contributed by atoms with E-state index in [0.29, 0.717) is 12.2 Å². The van der Waals surface area contributed by atoms with Crippen LogP contribution in [0.15, 0.2) is 70.1 Å². The number of nitrogens with zero attached hydrogens (tertiary/aromatic N) is 2. The van der Waals surface area contributed by atoms with Gasteiger partial charge in [0, 0.05) is 24.1 Å². The normalized spacial score (nSPS) is 10.4. The molecule has 0 radical (unpaired) electrons. The highest BCUT2D eigenvalue weighted by molar-refractivity contribution is 7.98. The predicted octanol–water partition coefficient (Wildman–Crippen LogP) is 2.77. The molecular formula is C17H18N2O2S. The van der Waals surface area contributed by atoms with Crippen molar-refractivity contribution >= 4 is 11.8 Å². The fourth-order valence-corrected chi connectivity index (χ4v) is 2.70. The van der Waals surface area contributed by atoms with Crippen LogP contribution in [0, 0.1) is 0 Å². The minimum Gasteiger partial charge on any atom is -0.289 e. The van der Waals surface area contributed by atoms with E-state index in [4.69, 9.17) is 0 Å². The fourth-order valence-electron chi connectivity index (χ4n) is 2.24. The summed E-state index contributed by atoms with van der Waals surface area (Å²) in [6.07, 6.45) is 5.17. The van der Waals surface area contributed by atoms with Crippen LogP contribution in [0.2, 0.25) is 0 Å². The lowest BCUT2D eigenvalue weighted by Crippen LogP contribution is -2.39. The molecule has 0 aliphatic rings. The lowest BCUT2D eigenvalue weighted by Gasteiger charge is -2.14. The van der Waals surface area contributed by atoms with Gasteiger partial charge in [-0.1, -0.05) is 24.3 Å². The van der Waals surface area contributed by atoms with E-state index in [-0.39, 0.29) is 17.8 Å². The van der Waals surface area contributed by atoms with E-state index >= 15 is 0 Å². The van der Waals surface area contributed by atoms with Crippen LogP contribution in [-0.2, 0) is 13.1 Å². The molecule has 0 aliphatic carbocycles. The van der Waals surface area contributed by atoms with Gasteiger partial charge in [-0.15, -0.1) is 24.9 Å². The van der Waals surface area contributed by atoms with Crippen molar-refractivity contribution in [2.75, 3.05) is 6.26 Å². The summed E-state index contributed by atoms with van der Waals surface area (Å²) in [5, 5.41) is 0. The molecule has 0 spiro atoms. The first-order valence-corrected chi connectivity index (χ1v) is 8.05. The number of hydrogen-bond acceptors (Lipinski definition) is 3. The molecule has 1 aromatic carbocycles. The maximum absolute atomic E-state index is 12.5. The van der Waals surface area contributed by atoms with Crippen molar-refractivity contribution in [3.63, 3.8) is 0 Å². The summed E-state index contributed by atoms with van der Waals surface area (Å²) >= 11 is 1.61. The zero-order valence-corrected chi connectivity index (χ0v) is 13.3. The van der Waals surface area contributed by atoms with Crippen LogP contribution < -0.4 is 11.2 Å². The molecule has 1 aromatic heterocycles. The van der Waals surface area contributed by atoms with Gasteiger partial charge in [-0.2, -0.15) is 0 Å². The Hall–Kier alpha value is -2.27. The lowest BCUT2D eigenvalue weighted by molar-refractivity contribution is 0.631. The second kappa shape index (κ2) is 7.13. The Labute approximate surface area is 133 Å². The van der Waals surface area contributed by atoms with Crippen molar-refractivity contribution in [1.29, 1.82) is 0 Å². The number of benzene rings is 1. The molecule has 0 amide bonds. The highest BCUT2D eigenvalue weighted by Crippen LogP contribution is 2.23. The molecule has 2 aromatic rings. The van der Waals surface area contributed by atoms with Gasteiger partial charge in [-0.05, 0) is 24.0 Å². The van der Waals surface area contributed by atoms with E-state index in [1.165, 1.54) is 16.7 Å². The minimum atomic E-state index is -0.350. The Balaban J connectivity index is 2.74. The molecule has 22 heavy (non-hydrogen) atoms. The number of hydrogen-bond donors (Lipinski definition) is 0. The molecule has 0 unspecified atom stereocenters. The molecule has 0 bridgehead atoms. The zero-order valence-electron chi connectivity index (χ0n) is 12.5. The summed E-state index contributed by atoms with van der Waals surface area (Å²) in [5.41, 5.74) is 0.770. The molecule has 0 aliphatic heterocycles. The molecule has 2 rings (SSSR count). The Bertz CT molecular complexity index is 818. The number of allylic oxidation sites excluding steroid dienone is 2. The summed E-state index contributed by atoms with van der Waals surface area (Å²) < 4.78 is 2.72. The molecule has 114 valence electrons. The lowest BCUT2D eigenvalue weighted by atomic mass is 10.1. The molecule has 0 atom stereocenters. The number of thioether (sulfide) groups is 1. The molecule has 1 heterocycles. The van der Waals surface area contributed by atoms with E-state index in [0.717, 1.165) is 10.5 Å². The summed E-state index contributed by atoms with van der Waals surface area (Å²) in [4.78, 5) is 25.8. The molecule has 0 fully saturated rings. The Kier molecular flexibility index (Phi) is 5.22. The zero-order chi connectivity index (χ0) is 16.1. The summed E-state index contributed by atoms with van der Waals surface area (Å²) in [5.74, 6) is 0. The quantitative estimate of drug-likeness (QED) is 0.608. The summed E-state index contributed by atoms with van der Waals surface area (Å²) in [6, 6.07) is 9.26. The summed E-state index contributed by atoms with van der Waals surface area (Å²) in [6.45, 7) is 7.82. The predicted molar refractivity (Wildman–Crippen MR) is 92.6 cm³/mol. The van der Waals surface area contributed by atoms with Crippen molar-refractivity contribution in [1.82, 2.24) is 9.13 Å². The van der Waals surface area contributed by atoms with Crippen molar-refractivity contribution < 1.29 is 0 Å². The Morgan fingerprint density at radius 2 is 1.77 bits per heavy atom. The molecule has 4 nitrogen and oxygen atoms in total. The van der Waals surface area contributed by atoms with Crippen LogP contribution >= 0.6 is 11.8 Å². The molecule has 0 N–H and O–H groups in total. The van der Waals surface area contributed by atoms with Crippen LogP contribution in [-0.4, -0.2) is 15.4 Å². The maximum atomic E-state index is 12.5. The highest BCUT2D eigenvalue weighted by atomic mass is 32.2. The van der Waals surface area contributed by atoms with Gasteiger partial charge in [-0.25, -0.2) is 4.79 Å². The van der Waals surface area contributed by atoms with Gasteiger partial charge < -0.3 is 0 Å². The van der Waals surface area contributed by atoms with Gasteiger partial charge in [-0.3, -0.25) is 13.9 Å². The SMILES string of the molecule is C=CCn1c(-c2cccc(SC)c2)cc(=O)n(CC=C)c1=O. The third kappa shape index (κ3) is 3.14. The second-order valence-electron chi connectivity index (χ2n) is 4.68. The largest absolute Gasteiger partial charge is 0.332 e. The Morgan fingerprint density at radius 1 is 1.09 bits per heavy atom. The van der Waals surface area contributed by atoms with Crippen LogP contribution in [0.1, 0.15) is 0 Å². The Morgan fingerprint density at radius 3 is 2.41 bits per heavy atom. The van der Waals surface area contributed by atoms with Gasteiger partial charge in [0.1, 0.15) is 0 Å². The first-order valence-electron chi connectivity index (χ1n) is 6.83. The average Bonchev–Trinajstić information content (AvgIpc) is 2.54. The second-order valence-corrected chi connectivity index (χ2v) is 5.56. The van der Waals surface area contributed by atoms with Crippen LogP contribution in [0.3, 0.4) is 0 Å². The van der Waals surface area contributed by atoms with Crippen molar-refractivity contribution in [2.24, 2.45) is 0 Å². The fraction of sp³-hybridized carbons (Fsp3) is 0.176. The molecular weight excluding hydrogens is 296 g/mol. The van der Waals surface area contributed by atoms with Crippen molar-refractivity contribution in [3.05, 3.63) is 76.5 Å². The van der Waals surface area contributed by atoms with Gasteiger partial charge in [0.25, 0.3) is 5.56 Å². The van der Waals surface area contributed by atoms with E-state index in [1.54, 1.807) is 22.4 Å². The van der Waals surface area contributed by atoms with Gasteiger partial charge in [0.2, 0.25) is 0 Å². The van der Waals surface area contributed by atoms with Crippen LogP contribution in [0.25, 0.3) is 11.3 Å². The molecule has 0 saturated heterocycles. The highest BCUT2D eigenvalue weighted by Gasteiger charge is 2.12. The van der Waals surface area contributed by atoms with E-state index in [2.05, 4.69) is 13.2 Å². The maximum Gasteiger partial charge on any atom is 0.332 e. The molecule has 0 saturated carbocycles. The first kappa shape index (κ1) is 16.1. The standard InChI is InChI=1S/C17H18N2O2S/c1-4-9-18-15(13-7-6-8-14(11-13)22-3)12-16(20)19(10-5-2)17(18)21/h4-8,11-12H,1-2,9-10H2,3H3. The monoisotopic (exact) mass is 314 g/mol. The van der Waals surface area contributed by atoms with E-state index in [9.17, 15) is 9.59 Å². The first-order chi connectivity index (χ1) is 10.6.